The van der Waals surface area contributed by atoms with E-state index in [2.05, 4.69) is 69.3 Å². The average molecular weight is 611 g/mol. The first-order valence-electron chi connectivity index (χ1n) is 14.5. The maximum Gasteiger partial charge on any atom is 0.268 e. The molecule has 3 aliphatic rings. The zero-order valence-corrected chi connectivity index (χ0v) is 25.8. The number of anilines is 4. The zero-order valence-electron chi connectivity index (χ0n) is 24.3. The minimum atomic E-state index is -0.316. The van der Waals surface area contributed by atoms with Crippen LogP contribution in [0, 0.1) is 5.92 Å². The van der Waals surface area contributed by atoms with Crippen molar-refractivity contribution in [3.8, 4) is 5.88 Å². The van der Waals surface area contributed by atoms with Gasteiger partial charge >= 0.3 is 0 Å². The van der Waals surface area contributed by atoms with Crippen molar-refractivity contribution in [2.75, 3.05) is 69.2 Å². The van der Waals surface area contributed by atoms with Gasteiger partial charge in [-0.25, -0.2) is 4.98 Å². The summed E-state index contributed by atoms with van der Waals surface area (Å²) in [7, 11) is 6.56. The Balaban J connectivity index is 1.22. The second kappa shape index (κ2) is 12.2. The number of amides is 1. The molecule has 2 aromatic carbocycles. The van der Waals surface area contributed by atoms with E-state index in [1.807, 2.05) is 0 Å². The third-order valence-electron chi connectivity index (χ3n) is 8.64. The molecule has 1 amide bonds. The number of carbonyl (C=O) groups is 1. The Hall–Kier alpha value is -3.11. The van der Waals surface area contributed by atoms with Crippen LogP contribution in [0.15, 0.2) is 42.6 Å². The van der Waals surface area contributed by atoms with Gasteiger partial charge in [0.05, 0.1) is 15.7 Å². The van der Waals surface area contributed by atoms with Crippen LogP contribution in [0.5, 0.6) is 5.88 Å². The molecule has 42 heavy (non-hydrogen) atoms. The summed E-state index contributed by atoms with van der Waals surface area (Å²) in [5, 5.41) is 4.09. The summed E-state index contributed by atoms with van der Waals surface area (Å²) in [6.07, 6.45) is 6.07. The first-order chi connectivity index (χ1) is 20.3. The molecule has 0 bridgehead atoms. The fraction of sp³-hybridized carbons (Fsp3) is 0.452. The lowest BCUT2D eigenvalue weighted by Crippen LogP contribution is -2.42. The van der Waals surface area contributed by atoms with Gasteiger partial charge in [-0.2, -0.15) is 4.98 Å². The van der Waals surface area contributed by atoms with Crippen LogP contribution in [0.4, 0.5) is 23.0 Å². The Morgan fingerprint density at radius 2 is 1.83 bits per heavy atom. The predicted octanol–water partition coefficient (Wildman–Crippen LogP) is 5.55. The molecular weight excluding hydrogens is 573 g/mol. The average Bonchev–Trinajstić information content (AvgIpc) is 3.38. The highest BCUT2D eigenvalue weighted by molar-refractivity contribution is 6.40. The molecular formula is C31H37Cl2N7O2. The second-order valence-electron chi connectivity index (χ2n) is 11.8. The fourth-order valence-electron chi connectivity index (χ4n) is 6.32. The Labute approximate surface area is 257 Å². The van der Waals surface area contributed by atoms with Gasteiger partial charge in [0.1, 0.15) is 5.56 Å². The number of ether oxygens (including phenoxy) is 1. The van der Waals surface area contributed by atoms with E-state index < -0.39 is 0 Å². The lowest BCUT2D eigenvalue weighted by Gasteiger charge is -2.37. The van der Waals surface area contributed by atoms with Gasteiger partial charge in [-0.1, -0.05) is 29.3 Å². The summed E-state index contributed by atoms with van der Waals surface area (Å²) in [5.74, 6) is 0.921. The Kier molecular flexibility index (Phi) is 8.45. The topological polar surface area (TPSA) is 77.1 Å². The lowest BCUT2D eigenvalue weighted by atomic mass is 9.95. The largest absolute Gasteiger partial charge is 0.455 e. The molecule has 2 saturated heterocycles. The molecule has 0 aliphatic carbocycles. The smallest absolute Gasteiger partial charge is 0.268 e. The van der Waals surface area contributed by atoms with E-state index in [0.717, 1.165) is 38.3 Å². The molecule has 0 radical (unpaired) electrons. The van der Waals surface area contributed by atoms with Gasteiger partial charge < -0.3 is 24.8 Å². The molecule has 9 nitrogen and oxygen atoms in total. The number of hydrogen-bond donors (Lipinski definition) is 1. The summed E-state index contributed by atoms with van der Waals surface area (Å²) in [6.45, 7) is 4.33. The van der Waals surface area contributed by atoms with Crippen molar-refractivity contribution in [3.05, 3.63) is 63.8 Å². The molecule has 0 spiro atoms. The Morgan fingerprint density at radius 1 is 1.07 bits per heavy atom. The summed E-state index contributed by atoms with van der Waals surface area (Å²) in [5.41, 5.74) is 4.25. The molecule has 2 fully saturated rings. The van der Waals surface area contributed by atoms with E-state index in [9.17, 15) is 4.79 Å². The van der Waals surface area contributed by atoms with Crippen molar-refractivity contribution >= 4 is 52.1 Å². The van der Waals surface area contributed by atoms with Crippen molar-refractivity contribution < 1.29 is 9.53 Å². The SMILES string of the molecule is CN1CCC(Cc2cc(Nc3ncc4c(n3)OCN(c3c(Cl)cccc3Cl)C4=O)ccc2N2CCC(N(C)C)CC2)C1. The van der Waals surface area contributed by atoms with Crippen LogP contribution in [0.3, 0.4) is 0 Å². The number of piperidine rings is 1. The summed E-state index contributed by atoms with van der Waals surface area (Å²) in [6, 6.07) is 12.3. The van der Waals surface area contributed by atoms with Gasteiger partial charge in [0.2, 0.25) is 11.8 Å². The number of likely N-dealkylation sites (tertiary alicyclic amines) is 1. The number of benzene rings is 2. The number of fused-ring (bicyclic) bond motifs is 1. The molecule has 1 aromatic heterocycles. The molecule has 3 aliphatic heterocycles. The van der Waals surface area contributed by atoms with Gasteiger partial charge in [-0.15, -0.1) is 0 Å². The van der Waals surface area contributed by atoms with Crippen molar-refractivity contribution in [2.45, 2.75) is 31.7 Å². The third-order valence-corrected chi connectivity index (χ3v) is 9.25. The fourth-order valence-corrected chi connectivity index (χ4v) is 6.92. The van der Waals surface area contributed by atoms with Crippen molar-refractivity contribution in [1.82, 2.24) is 19.8 Å². The molecule has 3 aromatic rings. The van der Waals surface area contributed by atoms with Crippen LogP contribution >= 0.6 is 23.2 Å². The Morgan fingerprint density at radius 3 is 2.52 bits per heavy atom. The predicted molar refractivity (Wildman–Crippen MR) is 169 cm³/mol. The summed E-state index contributed by atoms with van der Waals surface area (Å²) < 4.78 is 5.88. The van der Waals surface area contributed by atoms with Gasteiger partial charge in [-0.05, 0) is 95.2 Å². The molecule has 11 heteroatoms. The van der Waals surface area contributed by atoms with E-state index in [4.69, 9.17) is 27.9 Å². The minimum Gasteiger partial charge on any atom is -0.455 e. The van der Waals surface area contributed by atoms with Crippen LogP contribution in [0.1, 0.15) is 35.2 Å². The van der Waals surface area contributed by atoms with Crippen molar-refractivity contribution in [3.63, 3.8) is 0 Å². The van der Waals surface area contributed by atoms with Crippen LogP contribution in [-0.2, 0) is 6.42 Å². The molecule has 4 heterocycles. The highest BCUT2D eigenvalue weighted by atomic mass is 35.5. The van der Waals surface area contributed by atoms with Gasteiger partial charge in [0, 0.05) is 43.2 Å². The number of nitrogens with zero attached hydrogens (tertiary/aromatic N) is 6. The summed E-state index contributed by atoms with van der Waals surface area (Å²) >= 11 is 12.7. The number of halogens is 2. The van der Waals surface area contributed by atoms with E-state index in [0.29, 0.717) is 33.6 Å². The van der Waals surface area contributed by atoms with Crippen LogP contribution in [-0.4, -0.2) is 85.8 Å². The van der Waals surface area contributed by atoms with Gasteiger partial charge in [0.15, 0.2) is 6.73 Å². The number of aromatic nitrogens is 2. The highest BCUT2D eigenvalue weighted by Crippen LogP contribution is 2.37. The molecule has 1 unspecified atom stereocenters. The molecule has 0 saturated carbocycles. The van der Waals surface area contributed by atoms with Gasteiger partial charge in [-0.3, -0.25) is 9.69 Å². The molecule has 6 rings (SSSR count). The Bertz CT molecular complexity index is 1440. The van der Waals surface area contributed by atoms with E-state index in [1.165, 1.54) is 41.6 Å². The quantitative estimate of drug-likeness (QED) is 0.374. The molecule has 1 atom stereocenters. The van der Waals surface area contributed by atoms with E-state index in [-0.39, 0.29) is 24.1 Å². The number of hydrogen-bond acceptors (Lipinski definition) is 8. The number of rotatable bonds is 7. The number of para-hydroxylation sites is 1. The normalized spacial score (nSPS) is 19.8. The maximum atomic E-state index is 13.3. The minimum absolute atomic E-state index is 0.0507. The highest BCUT2D eigenvalue weighted by Gasteiger charge is 2.31. The third kappa shape index (κ3) is 6.01. The number of nitrogens with one attached hydrogen (secondary N) is 1. The second-order valence-corrected chi connectivity index (χ2v) is 12.6. The monoisotopic (exact) mass is 609 g/mol. The van der Waals surface area contributed by atoms with E-state index >= 15 is 0 Å². The van der Waals surface area contributed by atoms with Crippen molar-refractivity contribution in [1.29, 1.82) is 0 Å². The van der Waals surface area contributed by atoms with Gasteiger partial charge in [0.25, 0.3) is 5.91 Å². The molecule has 222 valence electrons. The summed E-state index contributed by atoms with van der Waals surface area (Å²) in [4.78, 5) is 31.0. The van der Waals surface area contributed by atoms with Crippen LogP contribution < -0.4 is 19.9 Å². The number of carbonyl (C=O) groups excluding carboxylic acids is 1. The first kappa shape index (κ1) is 29.0. The molecule has 1 N–H and O–H groups in total. The lowest BCUT2D eigenvalue weighted by molar-refractivity contribution is 0.0932. The van der Waals surface area contributed by atoms with Crippen LogP contribution in [0.2, 0.25) is 10.0 Å². The first-order valence-corrected chi connectivity index (χ1v) is 15.3. The van der Waals surface area contributed by atoms with Crippen LogP contribution in [0.25, 0.3) is 0 Å². The standard InChI is InChI=1S/C31H37Cl2N7O2/c1-37(2)23-10-13-39(14-11-23)27-8-7-22(16-21(27)15-20-9-12-38(3)18-20)35-31-34-17-24-29(36-31)42-19-40(30(24)41)28-25(32)5-4-6-26(28)33/h4-8,16-17,20,23H,9-15,18-19H2,1-3H3,(H,34,35,36). The van der Waals surface area contributed by atoms with Crippen molar-refractivity contribution in [2.24, 2.45) is 5.92 Å². The van der Waals surface area contributed by atoms with E-state index in [1.54, 1.807) is 18.2 Å². The maximum absolute atomic E-state index is 13.3. The zero-order chi connectivity index (χ0) is 29.4.